The lowest BCUT2D eigenvalue weighted by Gasteiger charge is -1.97. The monoisotopic (exact) mass is 214 g/mol. The van der Waals surface area contributed by atoms with Gasteiger partial charge in [0, 0.05) is 5.57 Å². The zero-order valence-electron chi connectivity index (χ0n) is 10.1. The van der Waals surface area contributed by atoms with E-state index in [-0.39, 0.29) is 0 Å². The fourth-order valence-corrected chi connectivity index (χ4v) is 1.44. The van der Waals surface area contributed by atoms with E-state index in [0.717, 1.165) is 6.54 Å². The summed E-state index contributed by atoms with van der Waals surface area (Å²) < 4.78 is 2.07. The second-order valence-electron chi connectivity index (χ2n) is 3.87. The van der Waals surface area contributed by atoms with Crippen molar-refractivity contribution in [3.8, 4) is 0 Å². The molecule has 0 N–H and O–H groups in total. The van der Waals surface area contributed by atoms with Crippen molar-refractivity contribution < 1.29 is 4.58 Å². The fraction of sp³-hybridized carbons (Fsp3) is 0.267. The minimum absolute atomic E-state index is 0.519. The van der Waals surface area contributed by atoms with Crippen molar-refractivity contribution in [2.24, 2.45) is 5.92 Å². The van der Waals surface area contributed by atoms with E-state index in [9.17, 15) is 0 Å². The molecule has 0 radical (unpaired) electrons. The molecular formula is C15H20N+. The Morgan fingerprint density at radius 2 is 2.25 bits per heavy atom. The smallest absolute Gasteiger partial charge is 0.173 e. The van der Waals surface area contributed by atoms with E-state index in [4.69, 9.17) is 0 Å². The lowest BCUT2D eigenvalue weighted by molar-refractivity contribution is -0.440. The van der Waals surface area contributed by atoms with Gasteiger partial charge in [0.1, 0.15) is 0 Å². The summed E-state index contributed by atoms with van der Waals surface area (Å²) >= 11 is 0. The van der Waals surface area contributed by atoms with Crippen molar-refractivity contribution in [1.29, 1.82) is 0 Å². The number of hydrogen-bond donors (Lipinski definition) is 0. The molecule has 0 aromatic carbocycles. The first-order valence-corrected chi connectivity index (χ1v) is 5.66. The first-order valence-electron chi connectivity index (χ1n) is 5.66. The van der Waals surface area contributed by atoms with Gasteiger partial charge in [-0.05, 0) is 25.5 Å². The van der Waals surface area contributed by atoms with Crippen LogP contribution in [0, 0.1) is 5.92 Å². The molecule has 0 amide bonds. The van der Waals surface area contributed by atoms with Crippen LogP contribution < -0.4 is 0 Å². The van der Waals surface area contributed by atoms with E-state index in [1.165, 1.54) is 5.57 Å². The maximum Gasteiger partial charge on any atom is 0.173 e. The highest BCUT2D eigenvalue weighted by Crippen LogP contribution is 2.09. The van der Waals surface area contributed by atoms with Gasteiger partial charge in [-0.2, -0.15) is 0 Å². The fourth-order valence-electron chi connectivity index (χ4n) is 1.44. The van der Waals surface area contributed by atoms with Gasteiger partial charge in [-0.1, -0.05) is 43.4 Å². The van der Waals surface area contributed by atoms with Crippen LogP contribution in [0.1, 0.15) is 13.8 Å². The average molecular weight is 214 g/mol. The standard InChI is InChI=1S/C15H20N/c1-4-6-12-16(5-2)13-15-9-7-8-14(3)10-11-15/h4-12,14H,2,13H2,1,3H3/q+1/b6-4-,16-12?. The largest absolute Gasteiger partial charge is 0.201 e. The third-order valence-electron chi connectivity index (χ3n) is 2.41. The van der Waals surface area contributed by atoms with Crippen LogP contribution in [-0.2, 0) is 0 Å². The van der Waals surface area contributed by atoms with Gasteiger partial charge >= 0.3 is 0 Å². The van der Waals surface area contributed by atoms with Crippen molar-refractivity contribution in [1.82, 2.24) is 0 Å². The molecule has 0 spiro atoms. The molecule has 0 heterocycles. The van der Waals surface area contributed by atoms with Crippen molar-refractivity contribution in [3.05, 3.63) is 60.9 Å². The summed E-state index contributed by atoms with van der Waals surface area (Å²) in [5, 5.41) is 0. The summed E-state index contributed by atoms with van der Waals surface area (Å²) in [4.78, 5) is 0. The van der Waals surface area contributed by atoms with Gasteiger partial charge in [0.15, 0.2) is 19.0 Å². The van der Waals surface area contributed by atoms with Crippen LogP contribution in [0.2, 0.25) is 0 Å². The van der Waals surface area contributed by atoms with Gasteiger partial charge in [0.05, 0.1) is 0 Å². The Kier molecular flexibility index (Phi) is 5.27. The van der Waals surface area contributed by atoms with Crippen LogP contribution in [0.15, 0.2) is 60.9 Å². The van der Waals surface area contributed by atoms with Gasteiger partial charge in [-0.3, -0.25) is 0 Å². The molecule has 16 heavy (non-hydrogen) atoms. The van der Waals surface area contributed by atoms with E-state index in [2.05, 4.69) is 48.5 Å². The van der Waals surface area contributed by atoms with Gasteiger partial charge in [0.2, 0.25) is 0 Å². The van der Waals surface area contributed by atoms with Crippen LogP contribution in [-0.4, -0.2) is 17.3 Å². The van der Waals surface area contributed by atoms with Gasteiger partial charge < -0.3 is 0 Å². The summed E-state index contributed by atoms with van der Waals surface area (Å²) in [5.41, 5.74) is 1.29. The predicted octanol–water partition coefficient (Wildman–Crippen LogP) is 3.48. The maximum absolute atomic E-state index is 3.81. The van der Waals surface area contributed by atoms with Gasteiger partial charge in [-0.15, -0.1) is 0 Å². The summed E-state index contributed by atoms with van der Waals surface area (Å²) in [5.74, 6) is 0.519. The van der Waals surface area contributed by atoms with Crippen LogP contribution in [0.25, 0.3) is 0 Å². The molecule has 1 heteroatoms. The minimum atomic E-state index is 0.519. The molecule has 0 aromatic heterocycles. The lowest BCUT2D eigenvalue weighted by Crippen LogP contribution is -2.08. The predicted molar refractivity (Wildman–Crippen MR) is 71.7 cm³/mol. The zero-order chi connectivity index (χ0) is 11.8. The second-order valence-corrected chi connectivity index (χ2v) is 3.87. The Bertz CT molecular complexity index is 378. The Morgan fingerprint density at radius 1 is 1.44 bits per heavy atom. The molecule has 1 nitrogen and oxygen atoms in total. The Balaban J connectivity index is 2.73. The Hall–Kier alpha value is -1.63. The molecule has 1 rings (SSSR count). The Labute approximate surface area is 98.5 Å². The van der Waals surface area contributed by atoms with E-state index < -0.39 is 0 Å². The van der Waals surface area contributed by atoms with Crippen molar-refractivity contribution in [2.45, 2.75) is 13.8 Å². The number of hydrogen-bond acceptors (Lipinski definition) is 0. The first-order chi connectivity index (χ1) is 7.76. The molecule has 0 fully saturated rings. The molecule has 1 aliphatic carbocycles. The quantitative estimate of drug-likeness (QED) is 0.498. The van der Waals surface area contributed by atoms with Crippen molar-refractivity contribution >= 4 is 6.21 Å². The highest BCUT2D eigenvalue weighted by Gasteiger charge is 2.03. The topological polar surface area (TPSA) is 3.01 Å². The lowest BCUT2D eigenvalue weighted by atomic mass is 10.1. The maximum atomic E-state index is 3.81. The number of nitrogens with zero attached hydrogens (tertiary/aromatic N) is 1. The molecule has 1 aliphatic rings. The van der Waals surface area contributed by atoms with E-state index in [0.29, 0.717) is 5.92 Å². The van der Waals surface area contributed by atoms with Crippen LogP contribution in [0.5, 0.6) is 0 Å². The summed E-state index contributed by atoms with van der Waals surface area (Å²) in [6, 6.07) is 0. The zero-order valence-corrected chi connectivity index (χ0v) is 10.1. The molecule has 0 bridgehead atoms. The van der Waals surface area contributed by atoms with Crippen LogP contribution in [0.4, 0.5) is 0 Å². The number of rotatable bonds is 4. The summed E-state index contributed by atoms with van der Waals surface area (Å²) in [6.45, 7) is 8.86. The minimum Gasteiger partial charge on any atom is -0.201 e. The molecule has 0 aromatic rings. The SMILES string of the molecule is C=C[N+](=C/C=C\C)CC1=CC=CC(C)C=C1. The molecule has 0 aliphatic heterocycles. The molecular weight excluding hydrogens is 194 g/mol. The second kappa shape index (κ2) is 6.78. The molecule has 1 atom stereocenters. The number of allylic oxidation sites excluding steroid dienone is 6. The van der Waals surface area contributed by atoms with Crippen molar-refractivity contribution in [2.75, 3.05) is 6.54 Å². The highest BCUT2D eigenvalue weighted by molar-refractivity contribution is 5.66. The van der Waals surface area contributed by atoms with Crippen molar-refractivity contribution in [3.63, 3.8) is 0 Å². The van der Waals surface area contributed by atoms with E-state index in [1.807, 2.05) is 31.5 Å². The van der Waals surface area contributed by atoms with Gasteiger partial charge in [0.25, 0.3) is 0 Å². The molecule has 0 saturated carbocycles. The molecule has 1 unspecified atom stereocenters. The van der Waals surface area contributed by atoms with Gasteiger partial charge in [-0.25, -0.2) is 4.58 Å². The van der Waals surface area contributed by atoms with E-state index in [1.54, 1.807) is 0 Å². The first kappa shape index (κ1) is 12.4. The third kappa shape index (κ3) is 4.26. The summed E-state index contributed by atoms with van der Waals surface area (Å²) in [7, 11) is 0. The Morgan fingerprint density at radius 3 is 2.94 bits per heavy atom. The molecule has 0 saturated heterocycles. The van der Waals surface area contributed by atoms with E-state index >= 15 is 0 Å². The highest BCUT2D eigenvalue weighted by atomic mass is 15.0. The summed E-state index contributed by atoms with van der Waals surface area (Å²) in [6.07, 6.45) is 18.8. The van der Waals surface area contributed by atoms with Crippen LogP contribution in [0.3, 0.4) is 0 Å². The third-order valence-corrected chi connectivity index (χ3v) is 2.41. The molecule has 84 valence electrons. The normalized spacial score (nSPS) is 21.0. The van der Waals surface area contributed by atoms with Crippen LogP contribution >= 0.6 is 0 Å². The average Bonchev–Trinajstić information content (AvgIpc) is 2.49.